The molecular formula is C14H15F3N4OS2. The molecule has 0 aliphatic heterocycles. The monoisotopic (exact) mass is 376 g/mol. The van der Waals surface area contributed by atoms with E-state index in [2.05, 4.69) is 15.5 Å². The molecule has 2 aromatic rings. The third kappa shape index (κ3) is 4.60. The summed E-state index contributed by atoms with van der Waals surface area (Å²) in [6.45, 7) is 3.61. The highest BCUT2D eigenvalue weighted by Crippen LogP contribution is 2.36. The smallest absolute Gasteiger partial charge is 0.374 e. The Balaban J connectivity index is 2.20. The molecule has 130 valence electrons. The number of anilines is 2. The number of carbonyl (C=O) groups is 1. The highest BCUT2D eigenvalue weighted by atomic mass is 32.2. The molecular weight excluding hydrogens is 361 g/mol. The van der Waals surface area contributed by atoms with Gasteiger partial charge in [0.25, 0.3) is 0 Å². The maximum atomic E-state index is 13.0. The number of hydrogen-bond acceptors (Lipinski definition) is 6. The molecule has 1 heterocycles. The summed E-state index contributed by atoms with van der Waals surface area (Å²) in [6, 6.07) is 4.87. The number of alkyl halides is 3. The van der Waals surface area contributed by atoms with Crippen LogP contribution >= 0.6 is 23.1 Å². The van der Waals surface area contributed by atoms with Crippen LogP contribution < -0.4 is 11.1 Å². The number of thioether (sulfide) groups is 1. The van der Waals surface area contributed by atoms with E-state index in [4.69, 9.17) is 5.73 Å². The fraction of sp³-hybridized carbons (Fsp3) is 0.357. The van der Waals surface area contributed by atoms with Crippen LogP contribution in [0.15, 0.2) is 28.6 Å². The highest BCUT2D eigenvalue weighted by Gasteiger charge is 2.34. The molecule has 5 nitrogen and oxygen atoms in total. The van der Waals surface area contributed by atoms with E-state index >= 15 is 0 Å². The Kier molecular flexibility index (Phi) is 5.70. The molecule has 0 saturated carbocycles. The molecule has 1 atom stereocenters. The second-order valence-corrected chi connectivity index (χ2v) is 7.62. The van der Waals surface area contributed by atoms with E-state index in [1.165, 1.54) is 18.2 Å². The Morgan fingerprint density at radius 2 is 1.96 bits per heavy atom. The minimum absolute atomic E-state index is 0.127. The van der Waals surface area contributed by atoms with Gasteiger partial charge >= 0.3 is 6.18 Å². The molecule has 0 spiro atoms. The van der Waals surface area contributed by atoms with Crippen molar-refractivity contribution in [3.8, 4) is 0 Å². The third-order valence-corrected chi connectivity index (χ3v) is 5.39. The number of nitrogens with two attached hydrogens (primary N) is 1. The maximum absolute atomic E-state index is 13.0. The Labute approximate surface area is 144 Å². The second-order valence-electron chi connectivity index (χ2n) is 5.22. The topological polar surface area (TPSA) is 80.9 Å². The van der Waals surface area contributed by atoms with Gasteiger partial charge in [-0.3, -0.25) is 4.79 Å². The van der Waals surface area contributed by atoms with Crippen LogP contribution in [0, 0.1) is 5.92 Å². The third-order valence-electron chi connectivity index (χ3n) is 3.00. The predicted molar refractivity (Wildman–Crippen MR) is 88.9 cm³/mol. The summed E-state index contributed by atoms with van der Waals surface area (Å²) >= 11 is 2.25. The van der Waals surface area contributed by atoms with Gasteiger partial charge in [0, 0.05) is 0 Å². The number of nitrogen functional groups attached to an aromatic ring is 1. The lowest BCUT2D eigenvalue weighted by Crippen LogP contribution is -2.30. The van der Waals surface area contributed by atoms with Crippen LogP contribution in [0.3, 0.4) is 0 Å². The molecule has 3 N–H and O–H groups in total. The van der Waals surface area contributed by atoms with Gasteiger partial charge in [0.1, 0.15) is 0 Å². The van der Waals surface area contributed by atoms with Crippen molar-refractivity contribution in [3.63, 3.8) is 0 Å². The van der Waals surface area contributed by atoms with E-state index in [0.717, 1.165) is 29.2 Å². The van der Waals surface area contributed by atoms with Crippen molar-refractivity contribution in [1.82, 2.24) is 10.2 Å². The zero-order valence-corrected chi connectivity index (χ0v) is 14.4. The van der Waals surface area contributed by atoms with Crippen LogP contribution in [0.25, 0.3) is 0 Å². The Morgan fingerprint density at radius 3 is 2.50 bits per heavy atom. The Bertz CT molecular complexity index is 718. The lowest BCUT2D eigenvalue weighted by molar-refractivity contribution is -0.137. The van der Waals surface area contributed by atoms with Gasteiger partial charge in [-0.1, -0.05) is 49.1 Å². The molecule has 0 aliphatic carbocycles. The molecule has 24 heavy (non-hydrogen) atoms. The van der Waals surface area contributed by atoms with Crippen LogP contribution in [0.4, 0.5) is 24.0 Å². The molecule has 1 aromatic heterocycles. The zero-order chi connectivity index (χ0) is 17.9. The molecule has 0 bridgehead atoms. The van der Waals surface area contributed by atoms with Crippen LogP contribution in [0.5, 0.6) is 0 Å². The Morgan fingerprint density at radius 1 is 1.29 bits per heavy atom. The van der Waals surface area contributed by atoms with Crippen molar-refractivity contribution in [2.45, 2.75) is 29.6 Å². The average Bonchev–Trinajstić information content (AvgIpc) is 2.89. The number of nitrogens with zero attached hydrogens (tertiary/aromatic N) is 2. The molecule has 0 fully saturated rings. The number of benzene rings is 1. The summed E-state index contributed by atoms with van der Waals surface area (Å²) in [6.07, 6.45) is -4.54. The lowest BCUT2D eigenvalue weighted by Gasteiger charge is -2.20. The van der Waals surface area contributed by atoms with Crippen molar-refractivity contribution in [3.05, 3.63) is 29.8 Å². The van der Waals surface area contributed by atoms with Gasteiger partial charge in [0.2, 0.25) is 11.0 Å². The number of carbonyl (C=O) groups excluding carboxylic acids is 1. The fourth-order valence-electron chi connectivity index (χ4n) is 1.91. The van der Waals surface area contributed by atoms with Crippen molar-refractivity contribution in [2.24, 2.45) is 5.92 Å². The Hall–Kier alpha value is -1.81. The number of para-hydroxylation sites is 1. The van der Waals surface area contributed by atoms with E-state index in [1.54, 1.807) is 13.8 Å². The quantitative estimate of drug-likeness (QED) is 0.774. The molecule has 10 heteroatoms. The first-order chi connectivity index (χ1) is 11.2. The number of hydrogen-bond donors (Lipinski definition) is 2. The number of amides is 1. The second kappa shape index (κ2) is 7.39. The number of rotatable bonds is 5. The van der Waals surface area contributed by atoms with E-state index in [0.29, 0.717) is 4.34 Å². The van der Waals surface area contributed by atoms with Gasteiger partial charge in [-0.25, -0.2) is 0 Å². The summed E-state index contributed by atoms with van der Waals surface area (Å²) in [7, 11) is 0. The van der Waals surface area contributed by atoms with Gasteiger partial charge < -0.3 is 11.1 Å². The first-order valence-corrected chi connectivity index (χ1v) is 8.61. The van der Waals surface area contributed by atoms with Gasteiger partial charge in [0.15, 0.2) is 4.34 Å². The zero-order valence-electron chi connectivity index (χ0n) is 12.8. The fourth-order valence-corrected chi connectivity index (χ4v) is 3.76. The number of nitrogens with one attached hydrogen (secondary N) is 1. The maximum Gasteiger partial charge on any atom is 0.418 e. The van der Waals surface area contributed by atoms with Gasteiger partial charge in [-0.05, 0) is 18.1 Å². The number of aromatic nitrogens is 2. The molecule has 2 rings (SSSR count). The van der Waals surface area contributed by atoms with Crippen LogP contribution in [0.1, 0.15) is 19.4 Å². The summed E-state index contributed by atoms with van der Waals surface area (Å²) in [5.41, 5.74) is 4.35. The summed E-state index contributed by atoms with van der Waals surface area (Å²) in [4.78, 5) is 12.5. The van der Waals surface area contributed by atoms with Crippen molar-refractivity contribution in [1.29, 1.82) is 0 Å². The largest absolute Gasteiger partial charge is 0.418 e. The highest BCUT2D eigenvalue weighted by molar-refractivity contribution is 8.02. The lowest BCUT2D eigenvalue weighted by atomic mass is 10.1. The van der Waals surface area contributed by atoms with Crippen LogP contribution in [0.2, 0.25) is 0 Å². The first-order valence-electron chi connectivity index (χ1n) is 6.91. The van der Waals surface area contributed by atoms with E-state index in [1.807, 2.05) is 0 Å². The standard InChI is InChI=1S/C14H15F3N4OS2/c1-7(2)10(23-13-21-20-12(18)24-13)11(22)19-9-6-4-3-5-8(9)14(15,16)17/h3-7,10H,1-2H3,(H2,18,20)(H,19,22)/t10-/m1/s1. The van der Waals surface area contributed by atoms with Gasteiger partial charge in [0.05, 0.1) is 16.5 Å². The summed E-state index contributed by atoms with van der Waals surface area (Å²) in [5.74, 6) is -0.654. The summed E-state index contributed by atoms with van der Waals surface area (Å²) < 4.78 is 39.6. The normalized spacial score (nSPS) is 13.1. The first kappa shape index (κ1) is 18.5. The predicted octanol–water partition coefficient (Wildman–Crippen LogP) is 3.89. The van der Waals surface area contributed by atoms with Crippen LogP contribution in [-0.2, 0) is 11.0 Å². The summed E-state index contributed by atoms with van der Waals surface area (Å²) in [5, 5.41) is 9.51. The average molecular weight is 376 g/mol. The van der Waals surface area contributed by atoms with E-state index in [-0.39, 0.29) is 16.7 Å². The van der Waals surface area contributed by atoms with Gasteiger partial charge in [-0.15, -0.1) is 10.2 Å². The molecule has 0 saturated heterocycles. The minimum atomic E-state index is -4.54. The minimum Gasteiger partial charge on any atom is -0.374 e. The van der Waals surface area contributed by atoms with Crippen molar-refractivity contribution in [2.75, 3.05) is 11.1 Å². The van der Waals surface area contributed by atoms with E-state index in [9.17, 15) is 18.0 Å². The molecule has 0 aliphatic rings. The molecule has 1 aromatic carbocycles. The van der Waals surface area contributed by atoms with Crippen molar-refractivity contribution >= 4 is 39.8 Å². The molecule has 0 unspecified atom stereocenters. The SMILES string of the molecule is CC(C)[C@@H](Sc1nnc(N)s1)C(=O)Nc1ccccc1C(F)(F)F. The van der Waals surface area contributed by atoms with Gasteiger partial charge in [-0.2, -0.15) is 13.2 Å². The number of halogens is 3. The van der Waals surface area contributed by atoms with Crippen molar-refractivity contribution < 1.29 is 18.0 Å². The van der Waals surface area contributed by atoms with E-state index < -0.39 is 22.9 Å². The molecule has 1 amide bonds. The molecule has 0 radical (unpaired) electrons. The van der Waals surface area contributed by atoms with Crippen LogP contribution in [-0.4, -0.2) is 21.4 Å².